The molecule has 2 heterocycles. The summed E-state index contributed by atoms with van der Waals surface area (Å²) in [6, 6.07) is 18.6. The predicted octanol–water partition coefficient (Wildman–Crippen LogP) is 4.24. The van der Waals surface area contributed by atoms with E-state index >= 15 is 0 Å². The summed E-state index contributed by atoms with van der Waals surface area (Å²) in [7, 11) is 0. The smallest absolute Gasteiger partial charge is 0.247 e. The van der Waals surface area contributed by atoms with Crippen LogP contribution in [0.25, 0.3) is 11.5 Å². The molecule has 7 nitrogen and oxygen atoms in total. The van der Waals surface area contributed by atoms with E-state index in [1.807, 2.05) is 42.5 Å². The molecule has 0 spiro atoms. The fourth-order valence-electron chi connectivity index (χ4n) is 3.78. The standard InChI is InChI=1S/C26H34N4O3S/c1-26(2,19-31)18-27-21-12-13-30(16-21)22-10-8-20(9-11-22)25-29-28-24(33-25)17-34-15-14-32-23-6-4-3-5-7-23/h3-11,21,27,31H,12-19H2,1-2H3. The number of nitrogens with zero attached hydrogens (tertiary/aromatic N) is 3. The Morgan fingerprint density at radius 1 is 1.15 bits per heavy atom. The summed E-state index contributed by atoms with van der Waals surface area (Å²) in [5.74, 6) is 3.58. The zero-order valence-electron chi connectivity index (χ0n) is 19.9. The first-order valence-electron chi connectivity index (χ1n) is 11.8. The van der Waals surface area contributed by atoms with Gasteiger partial charge in [0.15, 0.2) is 0 Å². The van der Waals surface area contributed by atoms with E-state index in [4.69, 9.17) is 9.15 Å². The molecule has 1 aromatic heterocycles. The van der Waals surface area contributed by atoms with Crippen molar-refractivity contribution < 1.29 is 14.3 Å². The summed E-state index contributed by atoms with van der Waals surface area (Å²) < 4.78 is 11.6. The van der Waals surface area contributed by atoms with Crippen LogP contribution in [0.15, 0.2) is 59.0 Å². The molecule has 1 fully saturated rings. The van der Waals surface area contributed by atoms with E-state index in [1.165, 1.54) is 5.69 Å². The minimum Gasteiger partial charge on any atom is -0.493 e. The maximum atomic E-state index is 9.45. The van der Waals surface area contributed by atoms with Crippen LogP contribution >= 0.6 is 11.8 Å². The van der Waals surface area contributed by atoms with Crippen LogP contribution in [0.2, 0.25) is 0 Å². The van der Waals surface area contributed by atoms with Gasteiger partial charge in [-0.05, 0) is 42.8 Å². The lowest BCUT2D eigenvalue weighted by Crippen LogP contribution is -2.40. The van der Waals surface area contributed by atoms with Gasteiger partial charge in [0, 0.05) is 54.7 Å². The molecule has 0 aliphatic carbocycles. The van der Waals surface area contributed by atoms with Gasteiger partial charge in [0.25, 0.3) is 0 Å². The van der Waals surface area contributed by atoms with Gasteiger partial charge in [0.1, 0.15) is 5.75 Å². The second kappa shape index (κ2) is 11.7. The minimum atomic E-state index is -0.0908. The van der Waals surface area contributed by atoms with Gasteiger partial charge in [-0.25, -0.2) is 0 Å². The Balaban J connectivity index is 1.21. The van der Waals surface area contributed by atoms with Crippen molar-refractivity contribution in [3.05, 3.63) is 60.5 Å². The molecule has 34 heavy (non-hydrogen) atoms. The average molecular weight is 483 g/mol. The van der Waals surface area contributed by atoms with Gasteiger partial charge in [-0.2, -0.15) is 0 Å². The van der Waals surface area contributed by atoms with E-state index in [9.17, 15) is 5.11 Å². The number of aliphatic hydroxyl groups is 1. The number of aliphatic hydroxyl groups excluding tert-OH is 1. The highest BCUT2D eigenvalue weighted by atomic mass is 32.2. The van der Waals surface area contributed by atoms with Gasteiger partial charge in [-0.15, -0.1) is 22.0 Å². The molecule has 1 unspecified atom stereocenters. The number of aromatic nitrogens is 2. The maximum Gasteiger partial charge on any atom is 0.247 e. The van der Waals surface area contributed by atoms with Crippen molar-refractivity contribution in [1.82, 2.24) is 15.5 Å². The Kier molecular flexibility index (Phi) is 8.48. The van der Waals surface area contributed by atoms with E-state index < -0.39 is 0 Å². The second-order valence-electron chi connectivity index (χ2n) is 9.40. The molecule has 0 saturated carbocycles. The van der Waals surface area contributed by atoms with Crippen LogP contribution in [0.3, 0.4) is 0 Å². The molecule has 0 radical (unpaired) electrons. The quantitative estimate of drug-likeness (QED) is 0.371. The number of ether oxygens (including phenoxy) is 1. The highest BCUT2D eigenvalue weighted by Crippen LogP contribution is 2.26. The number of para-hydroxylation sites is 1. The minimum absolute atomic E-state index is 0.0908. The highest BCUT2D eigenvalue weighted by Gasteiger charge is 2.25. The normalized spacial score (nSPS) is 16.2. The van der Waals surface area contributed by atoms with Crippen LogP contribution in [0.5, 0.6) is 5.75 Å². The summed E-state index contributed by atoms with van der Waals surface area (Å²) >= 11 is 1.71. The van der Waals surface area contributed by atoms with Gasteiger partial charge in [-0.3, -0.25) is 0 Å². The fraction of sp³-hybridized carbons (Fsp3) is 0.462. The first-order valence-corrected chi connectivity index (χ1v) is 13.0. The van der Waals surface area contributed by atoms with Crippen LogP contribution in [0, 0.1) is 5.41 Å². The molecule has 1 saturated heterocycles. The molecule has 1 atom stereocenters. The predicted molar refractivity (Wildman–Crippen MR) is 137 cm³/mol. The van der Waals surface area contributed by atoms with E-state index in [-0.39, 0.29) is 12.0 Å². The lowest BCUT2D eigenvalue weighted by atomic mass is 9.94. The van der Waals surface area contributed by atoms with Crippen molar-refractivity contribution in [2.75, 3.05) is 43.5 Å². The number of hydrogen-bond acceptors (Lipinski definition) is 8. The van der Waals surface area contributed by atoms with Gasteiger partial charge in [-0.1, -0.05) is 32.0 Å². The van der Waals surface area contributed by atoms with Gasteiger partial charge in [0.05, 0.1) is 12.4 Å². The van der Waals surface area contributed by atoms with Crippen molar-refractivity contribution in [3.63, 3.8) is 0 Å². The van der Waals surface area contributed by atoms with Crippen LogP contribution < -0.4 is 15.0 Å². The molecule has 2 aromatic carbocycles. The Hall–Kier alpha value is -2.55. The average Bonchev–Trinajstić information content (AvgIpc) is 3.54. The van der Waals surface area contributed by atoms with Gasteiger partial charge >= 0.3 is 0 Å². The highest BCUT2D eigenvalue weighted by molar-refractivity contribution is 7.98. The molecular formula is C26H34N4O3S. The third-order valence-electron chi connectivity index (χ3n) is 5.90. The summed E-state index contributed by atoms with van der Waals surface area (Å²) in [5.41, 5.74) is 2.04. The van der Waals surface area contributed by atoms with Gasteiger partial charge < -0.3 is 24.5 Å². The zero-order chi connectivity index (χ0) is 23.8. The molecule has 3 aromatic rings. The first-order chi connectivity index (χ1) is 16.5. The number of hydrogen-bond donors (Lipinski definition) is 2. The van der Waals surface area contributed by atoms with Crippen molar-refractivity contribution >= 4 is 17.4 Å². The third kappa shape index (κ3) is 6.98. The van der Waals surface area contributed by atoms with Crippen LogP contribution in [-0.4, -0.2) is 59.9 Å². The molecular weight excluding hydrogens is 448 g/mol. The topological polar surface area (TPSA) is 83.7 Å². The summed E-state index contributed by atoms with van der Waals surface area (Å²) in [5, 5.41) is 21.5. The van der Waals surface area contributed by atoms with Crippen LogP contribution in [0.4, 0.5) is 5.69 Å². The molecule has 0 bridgehead atoms. The third-order valence-corrected chi connectivity index (χ3v) is 6.80. The van der Waals surface area contributed by atoms with Crippen molar-refractivity contribution in [2.24, 2.45) is 5.41 Å². The molecule has 2 N–H and O–H groups in total. The maximum absolute atomic E-state index is 9.45. The molecule has 1 aliphatic rings. The SMILES string of the molecule is CC(C)(CO)CNC1CCN(c2ccc(-c3nnc(CSCCOc4ccccc4)o3)cc2)C1. The van der Waals surface area contributed by atoms with Gasteiger partial charge in [0.2, 0.25) is 11.8 Å². The van der Waals surface area contributed by atoms with Crippen LogP contribution in [0.1, 0.15) is 26.2 Å². The molecule has 182 valence electrons. The number of rotatable bonds is 12. The Bertz CT molecular complexity index is 1010. The lowest BCUT2D eigenvalue weighted by molar-refractivity contribution is 0.154. The van der Waals surface area contributed by atoms with E-state index in [0.717, 1.165) is 43.1 Å². The first kappa shape index (κ1) is 24.6. The van der Waals surface area contributed by atoms with E-state index in [0.29, 0.717) is 30.2 Å². The fourth-order valence-corrected chi connectivity index (χ4v) is 4.41. The van der Waals surface area contributed by atoms with Crippen molar-refractivity contribution in [3.8, 4) is 17.2 Å². The van der Waals surface area contributed by atoms with E-state index in [2.05, 4.69) is 46.4 Å². The second-order valence-corrected chi connectivity index (χ2v) is 10.5. The molecule has 0 amide bonds. The molecule has 1 aliphatic heterocycles. The lowest BCUT2D eigenvalue weighted by Gasteiger charge is -2.25. The number of nitrogens with one attached hydrogen (secondary N) is 1. The summed E-state index contributed by atoms with van der Waals surface area (Å²) in [4.78, 5) is 2.39. The zero-order valence-corrected chi connectivity index (χ0v) is 20.8. The Morgan fingerprint density at radius 3 is 2.71 bits per heavy atom. The Labute approximate surface area is 205 Å². The number of benzene rings is 2. The summed E-state index contributed by atoms with van der Waals surface area (Å²) in [6.45, 7) is 7.79. The largest absolute Gasteiger partial charge is 0.493 e. The van der Waals surface area contributed by atoms with Crippen molar-refractivity contribution in [2.45, 2.75) is 32.1 Å². The van der Waals surface area contributed by atoms with E-state index in [1.54, 1.807) is 11.8 Å². The number of anilines is 1. The van der Waals surface area contributed by atoms with Crippen LogP contribution in [-0.2, 0) is 5.75 Å². The molecule has 8 heteroatoms. The van der Waals surface area contributed by atoms with Crippen molar-refractivity contribution in [1.29, 1.82) is 0 Å². The monoisotopic (exact) mass is 482 g/mol. The number of thioether (sulfide) groups is 1. The summed E-state index contributed by atoms with van der Waals surface area (Å²) in [6.07, 6.45) is 1.10. The molecule has 4 rings (SSSR count). The Morgan fingerprint density at radius 2 is 1.94 bits per heavy atom.